The second kappa shape index (κ2) is 13.5. The molecule has 0 saturated carbocycles. The first-order valence-electron chi connectivity index (χ1n) is 16.2. The van der Waals surface area contributed by atoms with E-state index < -0.39 is 8.32 Å². The van der Waals surface area contributed by atoms with Crippen molar-refractivity contribution >= 4 is 25.9 Å². The molecule has 1 saturated heterocycles. The van der Waals surface area contributed by atoms with E-state index in [-0.39, 0.29) is 29.1 Å². The Morgan fingerprint density at radius 3 is 2.70 bits per heavy atom. The Kier molecular flexibility index (Phi) is 9.92. The molecule has 0 bridgehead atoms. The molecule has 9 nitrogen and oxygen atoms in total. The number of ether oxygens (including phenoxy) is 1. The van der Waals surface area contributed by atoms with Crippen molar-refractivity contribution in [2.75, 3.05) is 25.0 Å². The van der Waals surface area contributed by atoms with E-state index in [1.165, 1.54) is 11.1 Å². The number of amides is 1. The maximum atomic E-state index is 13.1. The molecule has 1 aliphatic carbocycles. The van der Waals surface area contributed by atoms with Crippen LogP contribution in [0.25, 0.3) is 11.3 Å². The minimum Gasteiger partial charge on any atom is -0.415 e. The van der Waals surface area contributed by atoms with Crippen LogP contribution in [0.2, 0.25) is 18.1 Å². The predicted octanol–water partition coefficient (Wildman–Crippen LogP) is 6.94. The Labute approximate surface area is 263 Å². The topological polar surface area (TPSA) is 94.4 Å². The molecule has 1 N–H and O–H groups in total. The molecule has 3 aromatic rings. The summed E-state index contributed by atoms with van der Waals surface area (Å²) in [4.78, 5) is 24.3. The molecule has 2 aliphatic rings. The lowest BCUT2D eigenvalue weighted by molar-refractivity contribution is -0.148. The molecule has 2 aromatic heterocycles. The molecule has 10 heteroatoms. The van der Waals surface area contributed by atoms with Gasteiger partial charge in [-0.3, -0.25) is 9.48 Å². The second-order valence-electron chi connectivity index (χ2n) is 14.2. The fraction of sp³-hybridized carbons (Fsp3) is 0.588. The van der Waals surface area contributed by atoms with Crippen LogP contribution < -0.4 is 5.32 Å². The summed E-state index contributed by atoms with van der Waals surface area (Å²) in [6.07, 6.45) is 10.8. The van der Waals surface area contributed by atoms with Gasteiger partial charge in [0, 0.05) is 37.5 Å². The highest BCUT2D eigenvalue weighted by Gasteiger charge is 2.37. The van der Waals surface area contributed by atoms with E-state index in [0.29, 0.717) is 38.6 Å². The van der Waals surface area contributed by atoms with Crippen LogP contribution in [0.15, 0.2) is 42.9 Å². The molecule has 3 heterocycles. The van der Waals surface area contributed by atoms with Gasteiger partial charge in [0.2, 0.25) is 11.9 Å². The first-order valence-corrected chi connectivity index (χ1v) is 19.1. The summed E-state index contributed by atoms with van der Waals surface area (Å²) in [6.45, 7) is 18.1. The van der Waals surface area contributed by atoms with E-state index >= 15 is 0 Å². The van der Waals surface area contributed by atoms with E-state index in [2.05, 4.69) is 67.5 Å². The predicted molar refractivity (Wildman–Crippen MR) is 178 cm³/mol. The smallest absolute Gasteiger partial charge is 0.227 e. The number of hydrogen-bond acceptors (Lipinski definition) is 7. The van der Waals surface area contributed by atoms with Gasteiger partial charge in [0.25, 0.3) is 0 Å². The number of carbonyl (C=O) groups excluding carboxylic acids is 1. The molecule has 1 aromatic carbocycles. The monoisotopic (exact) mass is 618 g/mol. The molecule has 1 aliphatic heterocycles. The largest absolute Gasteiger partial charge is 0.415 e. The van der Waals surface area contributed by atoms with Crippen molar-refractivity contribution in [1.29, 1.82) is 0 Å². The zero-order valence-corrected chi connectivity index (χ0v) is 28.6. The first-order chi connectivity index (χ1) is 20.9. The summed E-state index contributed by atoms with van der Waals surface area (Å²) in [5.41, 5.74) is 5.42. The Morgan fingerprint density at radius 2 is 1.95 bits per heavy atom. The third kappa shape index (κ3) is 7.95. The zero-order valence-electron chi connectivity index (χ0n) is 27.6. The molecular weight excluding hydrogens is 568 g/mol. The summed E-state index contributed by atoms with van der Waals surface area (Å²) < 4.78 is 14.0. The van der Waals surface area contributed by atoms with E-state index in [4.69, 9.17) is 14.1 Å². The third-order valence-electron chi connectivity index (χ3n) is 9.35. The molecule has 0 radical (unpaired) electrons. The van der Waals surface area contributed by atoms with Gasteiger partial charge in [-0.1, -0.05) is 39.3 Å². The highest BCUT2D eigenvalue weighted by atomic mass is 28.4. The fourth-order valence-electron chi connectivity index (χ4n) is 5.78. The van der Waals surface area contributed by atoms with Crippen LogP contribution in [0.5, 0.6) is 0 Å². The quantitative estimate of drug-likeness (QED) is 0.184. The van der Waals surface area contributed by atoms with Crippen LogP contribution in [0.4, 0.5) is 11.6 Å². The molecule has 238 valence electrons. The number of aromatic nitrogens is 4. The maximum Gasteiger partial charge on any atom is 0.227 e. The Morgan fingerprint density at radius 1 is 1.16 bits per heavy atom. The molecule has 1 fully saturated rings. The minimum absolute atomic E-state index is 0.179. The van der Waals surface area contributed by atoms with Crippen molar-refractivity contribution in [2.24, 2.45) is 0 Å². The van der Waals surface area contributed by atoms with Crippen LogP contribution in [0.3, 0.4) is 0 Å². The summed E-state index contributed by atoms with van der Waals surface area (Å²) in [6, 6.07) is 8.58. The molecule has 1 atom stereocenters. The van der Waals surface area contributed by atoms with E-state index in [9.17, 15) is 4.79 Å². The summed E-state index contributed by atoms with van der Waals surface area (Å²) >= 11 is 0. The number of nitrogens with one attached hydrogen (secondary N) is 1. The van der Waals surface area contributed by atoms with Gasteiger partial charge < -0.3 is 19.4 Å². The van der Waals surface area contributed by atoms with Gasteiger partial charge in [0.15, 0.2) is 8.32 Å². The standard InChI is InChI=1S/C34H50N6O3Si/c1-24(2)43-29-22-39(23-29)32(41)19-26-11-9-8-10-25-18-27(12-13-30(25)26)31-14-15-35-33(38-31)37-28-20-36-40(21-28)16-17-42-44(6,7)34(3,4)5/h12-15,18,20-21,24,26,29H,8-11,16-17,19,22-23H2,1-7H3,(H,35,37,38). The Balaban J connectivity index is 1.21. The second-order valence-corrected chi connectivity index (χ2v) is 19.0. The van der Waals surface area contributed by atoms with Gasteiger partial charge >= 0.3 is 0 Å². The van der Waals surface area contributed by atoms with Crippen molar-refractivity contribution < 1.29 is 14.0 Å². The van der Waals surface area contributed by atoms with Crippen LogP contribution >= 0.6 is 0 Å². The lowest BCUT2D eigenvalue weighted by Gasteiger charge is -2.40. The average molecular weight is 619 g/mol. The van der Waals surface area contributed by atoms with Crippen LogP contribution in [0, 0.1) is 0 Å². The van der Waals surface area contributed by atoms with E-state index in [0.717, 1.165) is 42.6 Å². The van der Waals surface area contributed by atoms with Gasteiger partial charge in [0.1, 0.15) is 0 Å². The van der Waals surface area contributed by atoms with Crippen molar-refractivity contribution in [1.82, 2.24) is 24.6 Å². The van der Waals surface area contributed by atoms with Crippen LogP contribution in [-0.4, -0.2) is 70.8 Å². The number of nitrogens with zero attached hydrogens (tertiary/aromatic N) is 5. The van der Waals surface area contributed by atoms with Crippen LogP contribution in [0.1, 0.15) is 77.3 Å². The Bertz CT molecular complexity index is 1430. The average Bonchev–Trinajstić information content (AvgIpc) is 3.28. The highest BCUT2D eigenvalue weighted by molar-refractivity contribution is 6.74. The number of anilines is 2. The molecule has 1 amide bonds. The molecule has 1 unspecified atom stereocenters. The SMILES string of the molecule is CC(C)OC1CN(C(=O)CC2CCCCc3cc(-c4ccnc(Nc5cnn(CCO[Si](C)(C)C(C)(C)C)c5)n4)ccc32)C1. The number of hydrogen-bond donors (Lipinski definition) is 1. The Hall–Kier alpha value is -3.08. The first kappa shape index (κ1) is 32.3. The number of fused-ring (bicyclic) bond motifs is 1. The van der Waals surface area contributed by atoms with Gasteiger partial charge in [-0.2, -0.15) is 5.10 Å². The molecular formula is C34H50N6O3Si. The molecule has 0 spiro atoms. The van der Waals surface area contributed by atoms with Gasteiger partial charge in [-0.15, -0.1) is 0 Å². The summed E-state index contributed by atoms with van der Waals surface area (Å²) in [7, 11) is -1.78. The fourth-order valence-corrected chi connectivity index (χ4v) is 6.81. The van der Waals surface area contributed by atoms with Gasteiger partial charge in [-0.05, 0) is 80.4 Å². The number of aryl methyl sites for hydroxylation is 1. The van der Waals surface area contributed by atoms with E-state index in [1.54, 1.807) is 12.4 Å². The number of rotatable bonds is 11. The summed E-state index contributed by atoms with van der Waals surface area (Å²) in [5, 5.41) is 7.99. The molecule has 44 heavy (non-hydrogen) atoms. The lowest BCUT2D eigenvalue weighted by atomic mass is 9.88. The van der Waals surface area contributed by atoms with Crippen LogP contribution in [-0.2, 0) is 26.9 Å². The summed E-state index contributed by atoms with van der Waals surface area (Å²) in [5.74, 6) is 1.03. The van der Waals surface area contributed by atoms with Crippen molar-refractivity contribution in [3.8, 4) is 11.3 Å². The molecule has 5 rings (SSSR count). The van der Waals surface area contributed by atoms with E-state index in [1.807, 2.05) is 35.7 Å². The lowest BCUT2D eigenvalue weighted by Crippen LogP contribution is -2.55. The van der Waals surface area contributed by atoms with Crippen molar-refractivity contribution in [2.45, 2.75) is 110 Å². The number of likely N-dealkylation sites (tertiary alicyclic amines) is 1. The van der Waals surface area contributed by atoms with Gasteiger partial charge in [-0.25, -0.2) is 9.97 Å². The zero-order chi connectivity index (χ0) is 31.5. The number of benzene rings is 1. The highest BCUT2D eigenvalue weighted by Crippen LogP contribution is 2.37. The van der Waals surface area contributed by atoms with Gasteiger partial charge in [0.05, 0.1) is 42.9 Å². The maximum absolute atomic E-state index is 13.1. The van der Waals surface area contributed by atoms with Crippen molar-refractivity contribution in [3.63, 3.8) is 0 Å². The number of carbonyl (C=O) groups is 1. The van der Waals surface area contributed by atoms with Crippen molar-refractivity contribution in [3.05, 3.63) is 54.0 Å². The normalized spacial score (nSPS) is 17.7. The minimum atomic E-state index is -1.78. The third-order valence-corrected chi connectivity index (χ3v) is 13.9.